The number of fused-ring (bicyclic) bond motifs is 1. The average Bonchev–Trinajstić information content (AvgIpc) is 2.87. The van der Waals surface area contributed by atoms with Crippen LogP contribution in [0.3, 0.4) is 0 Å². The summed E-state index contributed by atoms with van der Waals surface area (Å²) in [4.78, 5) is 15.0. The van der Waals surface area contributed by atoms with Crippen LogP contribution in [0, 0.1) is 11.6 Å². The molecule has 112 valence electrons. The zero-order valence-electron chi connectivity index (χ0n) is 11.7. The van der Waals surface area contributed by atoms with Crippen molar-refractivity contribution in [2.24, 2.45) is 0 Å². The summed E-state index contributed by atoms with van der Waals surface area (Å²) in [6.07, 6.45) is 2.66. The van der Waals surface area contributed by atoms with Crippen LogP contribution in [0.2, 0.25) is 0 Å². The first kappa shape index (κ1) is 14.3. The molecule has 0 saturated carbocycles. The van der Waals surface area contributed by atoms with Crippen molar-refractivity contribution in [3.63, 3.8) is 0 Å². The van der Waals surface area contributed by atoms with Crippen LogP contribution in [-0.4, -0.2) is 10.9 Å². The number of hydrogen-bond acceptors (Lipinski definition) is 1. The summed E-state index contributed by atoms with van der Waals surface area (Å²) in [5.74, 6) is -1.71. The Morgan fingerprint density at radius 3 is 2.59 bits per heavy atom. The van der Waals surface area contributed by atoms with Crippen molar-refractivity contribution in [2.45, 2.75) is 12.8 Å². The van der Waals surface area contributed by atoms with Gasteiger partial charge in [-0.25, -0.2) is 8.78 Å². The molecule has 2 aromatic carbocycles. The predicted octanol–water partition coefficient (Wildman–Crippen LogP) is 4.02. The Labute approximate surface area is 126 Å². The highest BCUT2D eigenvalue weighted by Crippen LogP contribution is 2.19. The Balaban J connectivity index is 1.65. The molecule has 5 heteroatoms. The fraction of sp³-hybridized carbons (Fsp3) is 0.118. The lowest BCUT2D eigenvalue weighted by molar-refractivity contribution is -0.116. The van der Waals surface area contributed by atoms with Crippen LogP contribution in [0.4, 0.5) is 14.5 Å². The first-order valence-corrected chi connectivity index (χ1v) is 6.93. The fourth-order valence-corrected chi connectivity index (χ4v) is 2.44. The Hall–Kier alpha value is -2.69. The quantitative estimate of drug-likeness (QED) is 0.751. The van der Waals surface area contributed by atoms with Gasteiger partial charge in [0, 0.05) is 35.3 Å². The lowest BCUT2D eigenvalue weighted by atomic mass is 10.1. The molecule has 0 saturated heterocycles. The summed E-state index contributed by atoms with van der Waals surface area (Å²) < 4.78 is 26.1. The molecule has 0 atom stereocenters. The Morgan fingerprint density at radius 1 is 1.09 bits per heavy atom. The third-order valence-electron chi connectivity index (χ3n) is 3.44. The van der Waals surface area contributed by atoms with Crippen LogP contribution >= 0.6 is 0 Å². The molecule has 1 amide bonds. The zero-order chi connectivity index (χ0) is 15.5. The minimum atomic E-state index is -0.716. The number of benzene rings is 2. The molecule has 3 aromatic rings. The van der Waals surface area contributed by atoms with Crippen molar-refractivity contribution in [3.8, 4) is 0 Å². The number of aromatic amines is 1. The van der Waals surface area contributed by atoms with E-state index >= 15 is 0 Å². The van der Waals surface area contributed by atoms with Crippen LogP contribution in [0.1, 0.15) is 12.0 Å². The third kappa shape index (κ3) is 3.14. The van der Waals surface area contributed by atoms with Gasteiger partial charge in [0.1, 0.15) is 11.6 Å². The van der Waals surface area contributed by atoms with Crippen molar-refractivity contribution in [3.05, 3.63) is 65.9 Å². The fourth-order valence-electron chi connectivity index (χ4n) is 2.44. The predicted molar refractivity (Wildman–Crippen MR) is 81.6 cm³/mol. The van der Waals surface area contributed by atoms with Crippen LogP contribution in [0.25, 0.3) is 10.9 Å². The molecule has 3 rings (SSSR count). The molecule has 0 unspecified atom stereocenters. The summed E-state index contributed by atoms with van der Waals surface area (Å²) in [6, 6.07) is 10.8. The number of amides is 1. The summed E-state index contributed by atoms with van der Waals surface area (Å²) in [7, 11) is 0. The lowest BCUT2D eigenvalue weighted by Gasteiger charge is -2.05. The molecular weight excluding hydrogens is 286 g/mol. The van der Waals surface area contributed by atoms with E-state index in [4.69, 9.17) is 0 Å². The highest BCUT2D eigenvalue weighted by molar-refractivity contribution is 5.91. The van der Waals surface area contributed by atoms with Crippen molar-refractivity contribution >= 4 is 22.5 Å². The second kappa shape index (κ2) is 5.97. The van der Waals surface area contributed by atoms with E-state index in [0.717, 1.165) is 34.7 Å². The molecule has 2 N–H and O–H groups in total. The minimum Gasteiger partial charge on any atom is -0.361 e. The van der Waals surface area contributed by atoms with Crippen LogP contribution in [-0.2, 0) is 11.2 Å². The van der Waals surface area contributed by atoms with E-state index in [2.05, 4.69) is 10.3 Å². The van der Waals surface area contributed by atoms with E-state index < -0.39 is 11.6 Å². The number of halogens is 2. The second-order valence-electron chi connectivity index (χ2n) is 5.07. The molecule has 0 fully saturated rings. The van der Waals surface area contributed by atoms with Gasteiger partial charge in [-0.05, 0) is 30.2 Å². The topological polar surface area (TPSA) is 44.9 Å². The standard InChI is InChI=1S/C17H14F2N2O/c18-12-7-13(19)9-14(8-12)21-17(22)6-5-11-10-20-16-4-2-1-3-15(11)16/h1-4,7-10,20H,5-6H2,(H,21,22). The molecule has 1 aromatic heterocycles. The number of para-hydroxylation sites is 1. The van der Waals surface area contributed by atoms with E-state index in [1.165, 1.54) is 0 Å². The second-order valence-corrected chi connectivity index (χ2v) is 5.07. The summed E-state index contributed by atoms with van der Waals surface area (Å²) in [5.41, 5.74) is 2.18. The number of carbonyl (C=O) groups excluding carboxylic acids is 1. The van der Waals surface area contributed by atoms with E-state index in [-0.39, 0.29) is 18.0 Å². The SMILES string of the molecule is O=C(CCc1c[nH]c2ccccc12)Nc1cc(F)cc(F)c1. The maximum Gasteiger partial charge on any atom is 0.224 e. The van der Waals surface area contributed by atoms with Gasteiger partial charge in [-0.3, -0.25) is 4.79 Å². The largest absolute Gasteiger partial charge is 0.361 e. The average molecular weight is 300 g/mol. The number of rotatable bonds is 4. The van der Waals surface area contributed by atoms with Gasteiger partial charge >= 0.3 is 0 Å². The van der Waals surface area contributed by atoms with E-state index in [1.54, 1.807) is 0 Å². The lowest BCUT2D eigenvalue weighted by Crippen LogP contribution is -2.12. The highest BCUT2D eigenvalue weighted by atomic mass is 19.1. The number of H-pyrrole nitrogens is 1. The first-order valence-electron chi connectivity index (χ1n) is 6.93. The van der Waals surface area contributed by atoms with Crippen molar-refractivity contribution in [1.82, 2.24) is 4.98 Å². The van der Waals surface area contributed by atoms with Gasteiger partial charge in [0.05, 0.1) is 0 Å². The molecule has 0 aliphatic carbocycles. The monoisotopic (exact) mass is 300 g/mol. The maximum absolute atomic E-state index is 13.1. The van der Waals surface area contributed by atoms with E-state index in [9.17, 15) is 13.6 Å². The molecule has 1 heterocycles. The molecule has 0 spiro atoms. The molecule has 0 aliphatic rings. The number of anilines is 1. The summed E-state index contributed by atoms with van der Waals surface area (Å²) >= 11 is 0. The molecular formula is C17H14F2N2O. The van der Waals surface area contributed by atoms with Crippen molar-refractivity contribution in [2.75, 3.05) is 5.32 Å². The molecule has 0 bridgehead atoms. The van der Waals surface area contributed by atoms with Crippen LogP contribution in [0.15, 0.2) is 48.7 Å². The molecule has 3 nitrogen and oxygen atoms in total. The van der Waals surface area contributed by atoms with Gasteiger partial charge in [-0.1, -0.05) is 18.2 Å². The smallest absolute Gasteiger partial charge is 0.224 e. The summed E-state index contributed by atoms with van der Waals surface area (Å²) in [6.45, 7) is 0. The van der Waals surface area contributed by atoms with Gasteiger partial charge in [0.2, 0.25) is 5.91 Å². The number of carbonyl (C=O) groups is 1. The van der Waals surface area contributed by atoms with Gasteiger partial charge in [0.15, 0.2) is 0 Å². The van der Waals surface area contributed by atoms with Crippen molar-refractivity contribution < 1.29 is 13.6 Å². The Kier molecular flexibility index (Phi) is 3.87. The van der Waals surface area contributed by atoms with Crippen LogP contribution < -0.4 is 5.32 Å². The maximum atomic E-state index is 13.1. The van der Waals surface area contributed by atoms with Gasteiger partial charge in [-0.15, -0.1) is 0 Å². The molecule has 0 aliphatic heterocycles. The summed E-state index contributed by atoms with van der Waals surface area (Å²) in [5, 5.41) is 3.58. The Morgan fingerprint density at radius 2 is 1.82 bits per heavy atom. The third-order valence-corrected chi connectivity index (χ3v) is 3.44. The van der Waals surface area contributed by atoms with Gasteiger partial charge < -0.3 is 10.3 Å². The highest BCUT2D eigenvalue weighted by Gasteiger charge is 2.08. The molecule has 0 radical (unpaired) electrons. The molecule has 22 heavy (non-hydrogen) atoms. The number of nitrogens with one attached hydrogen (secondary N) is 2. The van der Waals surface area contributed by atoms with Gasteiger partial charge in [0.25, 0.3) is 0 Å². The number of aryl methyl sites for hydroxylation is 1. The van der Waals surface area contributed by atoms with Gasteiger partial charge in [-0.2, -0.15) is 0 Å². The Bertz CT molecular complexity index is 806. The van der Waals surface area contributed by atoms with E-state index in [0.29, 0.717) is 6.42 Å². The van der Waals surface area contributed by atoms with E-state index in [1.807, 2.05) is 30.5 Å². The normalized spacial score (nSPS) is 10.8. The zero-order valence-corrected chi connectivity index (χ0v) is 11.7. The number of hydrogen-bond donors (Lipinski definition) is 2. The van der Waals surface area contributed by atoms with Crippen molar-refractivity contribution in [1.29, 1.82) is 0 Å². The first-order chi connectivity index (χ1) is 10.6. The van der Waals surface area contributed by atoms with Crippen LogP contribution in [0.5, 0.6) is 0 Å². The number of aromatic nitrogens is 1. The minimum absolute atomic E-state index is 0.126.